The fourth-order valence-corrected chi connectivity index (χ4v) is 2.23. The predicted molar refractivity (Wildman–Crippen MR) is 68.9 cm³/mol. The number of nitrogens with two attached hydrogens (primary N) is 1. The Kier molecular flexibility index (Phi) is 3.39. The molecule has 2 aromatic rings. The number of hydrogen-bond acceptors (Lipinski definition) is 4. The number of hydrogen-bond donors (Lipinski definition) is 2. The van der Waals surface area contributed by atoms with E-state index in [0.29, 0.717) is 17.1 Å². The Morgan fingerprint density at radius 3 is 2.94 bits per heavy atom. The first-order valence-corrected chi connectivity index (χ1v) is 6.02. The molecule has 3 N–H and O–H groups in total. The summed E-state index contributed by atoms with van der Waals surface area (Å²) in [5.74, 6) is -0.111. The molecule has 2 aromatic heterocycles. The van der Waals surface area contributed by atoms with E-state index in [1.807, 2.05) is 25.1 Å². The number of nitrogens with one attached hydrogen (secondary N) is 1. The molecule has 2 heterocycles. The van der Waals surface area contributed by atoms with E-state index < -0.39 is 0 Å². The summed E-state index contributed by atoms with van der Waals surface area (Å²) in [7, 11) is 0. The molecule has 0 spiro atoms. The van der Waals surface area contributed by atoms with Crippen molar-refractivity contribution >= 4 is 22.9 Å². The zero-order valence-electron chi connectivity index (χ0n) is 9.43. The van der Waals surface area contributed by atoms with E-state index in [0.717, 1.165) is 10.6 Å². The number of anilines is 1. The number of nitrogen functional groups attached to an aromatic ring is 1. The molecule has 88 valence electrons. The fourth-order valence-electron chi connectivity index (χ4n) is 1.37. The number of pyridine rings is 1. The van der Waals surface area contributed by atoms with Crippen molar-refractivity contribution in [3.05, 3.63) is 45.9 Å². The van der Waals surface area contributed by atoms with E-state index in [1.165, 1.54) is 11.3 Å². The second-order valence-corrected chi connectivity index (χ2v) is 4.88. The van der Waals surface area contributed by atoms with E-state index in [9.17, 15) is 4.79 Å². The summed E-state index contributed by atoms with van der Waals surface area (Å²) >= 11 is 1.40. The number of aromatic nitrogens is 1. The molecular formula is C12H13N3OS. The van der Waals surface area contributed by atoms with Gasteiger partial charge < -0.3 is 11.1 Å². The SMILES string of the molecule is Cc1sc(C(=O)NCc2ccccn2)cc1N. The van der Waals surface area contributed by atoms with Crippen molar-refractivity contribution in [3.63, 3.8) is 0 Å². The van der Waals surface area contributed by atoms with E-state index >= 15 is 0 Å². The van der Waals surface area contributed by atoms with Gasteiger partial charge in [0.1, 0.15) is 0 Å². The highest BCUT2D eigenvalue weighted by atomic mass is 32.1. The van der Waals surface area contributed by atoms with Gasteiger partial charge in [0.15, 0.2) is 0 Å². The first-order valence-electron chi connectivity index (χ1n) is 5.21. The maximum atomic E-state index is 11.8. The second-order valence-electron chi connectivity index (χ2n) is 3.63. The molecule has 0 aliphatic heterocycles. The predicted octanol–water partition coefficient (Wildman–Crippen LogP) is 1.96. The molecule has 2 rings (SSSR count). The summed E-state index contributed by atoms with van der Waals surface area (Å²) in [4.78, 5) is 17.5. The van der Waals surface area contributed by atoms with Gasteiger partial charge in [0.05, 0.1) is 17.1 Å². The molecule has 0 aliphatic rings. The van der Waals surface area contributed by atoms with Crippen molar-refractivity contribution in [2.75, 3.05) is 5.73 Å². The van der Waals surface area contributed by atoms with Crippen LogP contribution in [0.1, 0.15) is 20.2 Å². The smallest absolute Gasteiger partial charge is 0.261 e. The van der Waals surface area contributed by atoms with E-state index in [2.05, 4.69) is 10.3 Å². The Balaban J connectivity index is 1.98. The van der Waals surface area contributed by atoms with Crippen molar-refractivity contribution in [2.24, 2.45) is 0 Å². The molecule has 4 nitrogen and oxygen atoms in total. The second kappa shape index (κ2) is 4.97. The van der Waals surface area contributed by atoms with Crippen LogP contribution >= 0.6 is 11.3 Å². The van der Waals surface area contributed by atoms with Gasteiger partial charge in [-0.3, -0.25) is 9.78 Å². The summed E-state index contributed by atoms with van der Waals surface area (Å²) in [6.45, 7) is 2.33. The largest absolute Gasteiger partial charge is 0.398 e. The maximum absolute atomic E-state index is 11.8. The lowest BCUT2D eigenvalue weighted by Gasteiger charge is -2.02. The molecule has 0 bridgehead atoms. The molecule has 0 unspecified atom stereocenters. The average Bonchev–Trinajstić information content (AvgIpc) is 2.68. The number of amides is 1. The van der Waals surface area contributed by atoms with Gasteiger partial charge in [0.2, 0.25) is 0 Å². The highest BCUT2D eigenvalue weighted by molar-refractivity contribution is 7.14. The van der Waals surface area contributed by atoms with Crippen LogP contribution in [0.15, 0.2) is 30.5 Å². The third-order valence-corrected chi connectivity index (χ3v) is 3.40. The monoisotopic (exact) mass is 247 g/mol. The van der Waals surface area contributed by atoms with Crippen molar-refractivity contribution < 1.29 is 4.79 Å². The number of thiophene rings is 1. The molecule has 17 heavy (non-hydrogen) atoms. The number of aryl methyl sites for hydroxylation is 1. The Morgan fingerprint density at radius 1 is 1.53 bits per heavy atom. The molecule has 0 aliphatic carbocycles. The van der Waals surface area contributed by atoms with Gasteiger partial charge in [0, 0.05) is 16.8 Å². The molecule has 0 radical (unpaired) electrons. The summed E-state index contributed by atoms with van der Waals surface area (Å²) in [6, 6.07) is 7.30. The van der Waals surface area contributed by atoms with Crippen LogP contribution in [-0.2, 0) is 6.54 Å². The fraction of sp³-hybridized carbons (Fsp3) is 0.167. The molecule has 0 aromatic carbocycles. The summed E-state index contributed by atoms with van der Waals surface area (Å²) in [6.07, 6.45) is 1.70. The van der Waals surface area contributed by atoms with Crippen molar-refractivity contribution in [1.82, 2.24) is 10.3 Å². The Morgan fingerprint density at radius 2 is 2.35 bits per heavy atom. The van der Waals surface area contributed by atoms with Gasteiger partial charge >= 0.3 is 0 Å². The standard InChI is InChI=1S/C12H13N3OS/c1-8-10(13)6-11(17-8)12(16)15-7-9-4-2-3-5-14-9/h2-6H,7,13H2,1H3,(H,15,16). The highest BCUT2D eigenvalue weighted by Gasteiger charge is 2.10. The third kappa shape index (κ3) is 2.82. The lowest BCUT2D eigenvalue weighted by atomic mass is 10.3. The highest BCUT2D eigenvalue weighted by Crippen LogP contribution is 2.23. The lowest BCUT2D eigenvalue weighted by Crippen LogP contribution is -2.22. The Labute approximate surface area is 103 Å². The van der Waals surface area contributed by atoms with Gasteiger partial charge in [-0.1, -0.05) is 6.07 Å². The minimum atomic E-state index is -0.111. The molecule has 1 amide bonds. The summed E-state index contributed by atoms with van der Waals surface area (Å²) in [5.41, 5.74) is 7.20. The molecular weight excluding hydrogens is 234 g/mol. The lowest BCUT2D eigenvalue weighted by molar-refractivity contribution is 0.0954. The number of nitrogens with zero attached hydrogens (tertiary/aromatic N) is 1. The van der Waals surface area contributed by atoms with Crippen LogP contribution in [0.4, 0.5) is 5.69 Å². The van der Waals surface area contributed by atoms with Crippen molar-refractivity contribution in [2.45, 2.75) is 13.5 Å². The third-order valence-electron chi connectivity index (χ3n) is 2.34. The molecule has 5 heteroatoms. The molecule has 0 saturated heterocycles. The minimum absolute atomic E-state index is 0.111. The van der Waals surface area contributed by atoms with Crippen LogP contribution < -0.4 is 11.1 Å². The van der Waals surface area contributed by atoms with Gasteiger partial charge in [0.25, 0.3) is 5.91 Å². The summed E-state index contributed by atoms with van der Waals surface area (Å²) in [5, 5.41) is 2.81. The Hall–Kier alpha value is -1.88. The maximum Gasteiger partial charge on any atom is 0.261 e. The molecule has 0 saturated carbocycles. The number of carbonyl (C=O) groups excluding carboxylic acids is 1. The minimum Gasteiger partial charge on any atom is -0.398 e. The van der Waals surface area contributed by atoms with Crippen LogP contribution in [0.2, 0.25) is 0 Å². The van der Waals surface area contributed by atoms with Gasteiger partial charge in [-0.15, -0.1) is 11.3 Å². The van der Waals surface area contributed by atoms with Gasteiger partial charge in [-0.25, -0.2) is 0 Å². The molecule has 0 atom stereocenters. The van der Waals surface area contributed by atoms with Gasteiger partial charge in [-0.05, 0) is 25.1 Å². The summed E-state index contributed by atoms with van der Waals surface area (Å²) < 4.78 is 0. The Bertz CT molecular complexity index is 502. The first-order chi connectivity index (χ1) is 8.16. The average molecular weight is 247 g/mol. The van der Waals surface area contributed by atoms with Crippen LogP contribution in [-0.4, -0.2) is 10.9 Å². The quantitative estimate of drug-likeness (QED) is 0.871. The first kappa shape index (κ1) is 11.6. The zero-order valence-corrected chi connectivity index (χ0v) is 10.3. The van der Waals surface area contributed by atoms with Crippen LogP contribution in [0.3, 0.4) is 0 Å². The number of carbonyl (C=O) groups is 1. The van der Waals surface area contributed by atoms with E-state index in [1.54, 1.807) is 12.3 Å². The van der Waals surface area contributed by atoms with Crippen molar-refractivity contribution in [3.8, 4) is 0 Å². The zero-order chi connectivity index (χ0) is 12.3. The van der Waals surface area contributed by atoms with Crippen LogP contribution in [0, 0.1) is 6.92 Å². The number of rotatable bonds is 3. The van der Waals surface area contributed by atoms with E-state index in [-0.39, 0.29) is 5.91 Å². The topological polar surface area (TPSA) is 68.0 Å². The van der Waals surface area contributed by atoms with Gasteiger partial charge in [-0.2, -0.15) is 0 Å². The van der Waals surface area contributed by atoms with Crippen molar-refractivity contribution in [1.29, 1.82) is 0 Å². The van der Waals surface area contributed by atoms with Crippen LogP contribution in [0.25, 0.3) is 0 Å². The normalized spacial score (nSPS) is 10.2. The molecule has 0 fully saturated rings. The van der Waals surface area contributed by atoms with E-state index in [4.69, 9.17) is 5.73 Å². The van der Waals surface area contributed by atoms with Crippen LogP contribution in [0.5, 0.6) is 0 Å².